The van der Waals surface area contributed by atoms with E-state index in [0.29, 0.717) is 12.8 Å². The van der Waals surface area contributed by atoms with Crippen LogP contribution in [-0.2, 0) is 0 Å². The lowest BCUT2D eigenvalue weighted by molar-refractivity contribution is -0.239. The monoisotopic (exact) mass is 208 g/mol. The molecule has 0 bridgehead atoms. The van der Waals surface area contributed by atoms with Crippen LogP contribution >= 0.6 is 0 Å². The van der Waals surface area contributed by atoms with Crippen LogP contribution in [0.4, 0.5) is 13.2 Å². The van der Waals surface area contributed by atoms with E-state index in [1.54, 1.807) is 13.8 Å². The van der Waals surface area contributed by atoms with Crippen molar-refractivity contribution in [3.8, 4) is 0 Å². The van der Waals surface area contributed by atoms with Gasteiger partial charge in [-0.2, -0.15) is 13.2 Å². The average Bonchev–Trinajstić information content (AvgIpc) is 2.28. The predicted molar refractivity (Wildman–Crippen MR) is 50.9 cm³/mol. The van der Waals surface area contributed by atoms with Crippen molar-refractivity contribution in [2.24, 2.45) is 23.2 Å². The highest BCUT2D eigenvalue weighted by Gasteiger charge is 2.60. The van der Waals surface area contributed by atoms with Crippen LogP contribution in [0.2, 0.25) is 0 Å². The lowest BCUT2D eigenvalue weighted by Gasteiger charge is -2.36. The van der Waals surface area contributed by atoms with Gasteiger partial charge in [0, 0.05) is 0 Å². The second kappa shape index (κ2) is 3.42. The van der Waals surface area contributed by atoms with Gasteiger partial charge in [0.05, 0.1) is 5.41 Å². The van der Waals surface area contributed by atoms with E-state index in [2.05, 4.69) is 0 Å². The Morgan fingerprint density at radius 1 is 1.07 bits per heavy atom. The van der Waals surface area contributed by atoms with Crippen molar-refractivity contribution in [3.63, 3.8) is 0 Å². The summed E-state index contributed by atoms with van der Waals surface area (Å²) in [7, 11) is 0. The molecule has 2 unspecified atom stereocenters. The first-order chi connectivity index (χ1) is 6.21. The van der Waals surface area contributed by atoms with E-state index < -0.39 is 11.6 Å². The third-order valence-electron chi connectivity index (χ3n) is 4.01. The fourth-order valence-corrected chi connectivity index (χ4v) is 2.66. The number of halogens is 3. The van der Waals surface area contributed by atoms with Crippen molar-refractivity contribution in [2.45, 2.75) is 46.7 Å². The SMILES string of the molecule is CC1CC(C(C)C)(C(F)(F)F)CC1C. The molecule has 1 saturated carbocycles. The summed E-state index contributed by atoms with van der Waals surface area (Å²) in [6, 6.07) is 0. The van der Waals surface area contributed by atoms with Gasteiger partial charge in [0.1, 0.15) is 0 Å². The molecule has 0 saturated heterocycles. The minimum absolute atomic E-state index is 0.194. The van der Waals surface area contributed by atoms with Crippen LogP contribution in [0.1, 0.15) is 40.5 Å². The molecule has 0 aromatic heterocycles. The smallest absolute Gasteiger partial charge is 0.170 e. The topological polar surface area (TPSA) is 0 Å². The Labute approximate surface area is 83.9 Å². The van der Waals surface area contributed by atoms with E-state index in [1.807, 2.05) is 13.8 Å². The Bertz CT molecular complexity index is 195. The molecular formula is C11H19F3. The molecule has 0 aliphatic heterocycles. The normalized spacial score (nSPS) is 39.4. The molecule has 1 aliphatic rings. The Kier molecular flexibility index (Phi) is 2.90. The summed E-state index contributed by atoms with van der Waals surface area (Å²) in [5, 5.41) is 0. The van der Waals surface area contributed by atoms with Crippen molar-refractivity contribution >= 4 is 0 Å². The molecular weight excluding hydrogens is 189 g/mol. The first kappa shape index (κ1) is 11.9. The van der Waals surface area contributed by atoms with Crippen LogP contribution in [0.5, 0.6) is 0 Å². The Balaban J connectivity index is 2.98. The fraction of sp³-hybridized carbons (Fsp3) is 1.00. The largest absolute Gasteiger partial charge is 0.394 e. The molecule has 1 fully saturated rings. The summed E-state index contributed by atoms with van der Waals surface area (Å²) in [6.07, 6.45) is -3.44. The number of rotatable bonds is 1. The van der Waals surface area contributed by atoms with Gasteiger partial charge in [0.15, 0.2) is 0 Å². The molecule has 0 nitrogen and oxygen atoms in total. The van der Waals surface area contributed by atoms with Gasteiger partial charge in [-0.3, -0.25) is 0 Å². The first-order valence-electron chi connectivity index (χ1n) is 5.27. The number of hydrogen-bond donors (Lipinski definition) is 0. The molecule has 0 N–H and O–H groups in total. The van der Waals surface area contributed by atoms with E-state index in [4.69, 9.17) is 0 Å². The van der Waals surface area contributed by atoms with Gasteiger partial charge in [0.2, 0.25) is 0 Å². The highest BCUT2D eigenvalue weighted by Crippen LogP contribution is 2.58. The lowest BCUT2D eigenvalue weighted by Crippen LogP contribution is -2.40. The van der Waals surface area contributed by atoms with Gasteiger partial charge >= 0.3 is 6.18 Å². The maximum atomic E-state index is 13.0. The molecule has 1 aliphatic carbocycles. The minimum atomic E-state index is -4.04. The summed E-state index contributed by atoms with van der Waals surface area (Å²) < 4.78 is 39.0. The van der Waals surface area contributed by atoms with Crippen LogP contribution in [-0.4, -0.2) is 6.18 Å². The van der Waals surface area contributed by atoms with Crippen molar-refractivity contribution in [2.75, 3.05) is 0 Å². The number of hydrogen-bond acceptors (Lipinski definition) is 0. The first-order valence-corrected chi connectivity index (χ1v) is 5.27. The van der Waals surface area contributed by atoms with Gasteiger partial charge in [-0.1, -0.05) is 27.7 Å². The molecule has 0 spiro atoms. The zero-order valence-corrected chi connectivity index (χ0v) is 9.28. The van der Waals surface area contributed by atoms with Crippen LogP contribution in [0.25, 0.3) is 0 Å². The summed E-state index contributed by atoms with van der Waals surface area (Å²) in [5.74, 6) is 0.0768. The van der Waals surface area contributed by atoms with Crippen molar-refractivity contribution in [1.29, 1.82) is 0 Å². The lowest BCUT2D eigenvalue weighted by atomic mass is 9.74. The van der Waals surface area contributed by atoms with Gasteiger partial charge in [0.25, 0.3) is 0 Å². The van der Waals surface area contributed by atoms with Crippen LogP contribution in [0.15, 0.2) is 0 Å². The molecule has 14 heavy (non-hydrogen) atoms. The average molecular weight is 208 g/mol. The van der Waals surface area contributed by atoms with E-state index in [1.165, 1.54) is 0 Å². The molecule has 0 radical (unpaired) electrons. The predicted octanol–water partition coefficient (Wildman–Crippen LogP) is 4.26. The van der Waals surface area contributed by atoms with E-state index >= 15 is 0 Å². The summed E-state index contributed by atoms with van der Waals surface area (Å²) >= 11 is 0. The quantitative estimate of drug-likeness (QED) is 0.604. The summed E-state index contributed by atoms with van der Waals surface area (Å²) in [6.45, 7) is 7.25. The number of alkyl halides is 3. The molecule has 0 heterocycles. The van der Waals surface area contributed by atoms with Crippen molar-refractivity contribution in [3.05, 3.63) is 0 Å². The van der Waals surface area contributed by atoms with Gasteiger partial charge in [-0.25, -0.2) is 0 Å². The second-order valence-corrected chi connectivity index (χ2v) is 5.17. The molecule has 0 amide bonds. The zero-order chi connectivity index (χ0) is 11.1. The standard InChI is InChI=1S/C11H19F3/c1-7(2)10(11(12,13)14)5-8(3)9(4)6-10/h7-9H,5-6H2,1-4H3. The minimum Gasteiger partial charge on any atom is -0.170 e. The van der Waals surface area contributed by atoms with Gasteiger partial charge in [-0.15, -0.1) is 0 Å². The third-order valence-corrected chi connectivity index (χ3v) is 4.01. The maximum Gasteiger partial charge on any atom is 0.394 e. The molecule has 84 valence electrons. The molecule has 0 aromatic carbocycles. The van der Waals surface area contributed by atoms with E-state index in [-0.39, 0.29) is 17.8 Å². The highest BCUT2D eigenvalue weighted by atomic mass is 19.4. The van der Waals surface area contributed by atoms with Crippen molar-refractivity contribution < 1.29 is 13.2 Å². The second-order valence-electron chi connectivity index (χ2n) is 5.17. The highest BCUT2D eigenvalue weighted by molar-refractivity contribution is 4.97. The van der Waals surface area contributed by atoms with Crippen molar-refractivity contribution in [1.82, 2.24) is 0 Å². The van der Waals surface area contributed by atoms with Crippen LogP contribution < -0.4 is 0 Å². The van der Waals surface area contributed by atoms with Crippen LogP contribution in [0, 0.1) is 23.2 Å². The molecule has 2 atom stereocenters. The Hall–Kier alpha value is -0.210. The fourth-order valence-electron chi connectivity index (χ4n) is 2.66. The van der Waals surface area contributed by atoms with E-state index in [0.717, 1.165) is 0 Å². The van der Waals surface area contributed by atoms with E-state index in [9.17, 15) is 13.2 Å². The van der Waals surface area contributed by atoms with Gasteiger partial charge in [-0.05, 0) is 30.6 Å². The molecule has 3 heteroatoms. The summed E-state index contributed by atoms with van der Waals surface area (Å²) in [4.78, 5) is 0. The summed E-state index contributed by atoms with van der Waals surface area (Å²) in [5.41, 5.74) is -1.42. The Morgan fingerprint density at radius 3 is 1.57 bits per heavy atom. The molecule has 0 aromatic rings. The van der Waals surface area contributed by atoms with Gasteiger partial charge < -0.3 is 0 Å². The Morgan fingerprint density at radius 2 is 1.43 bits per heavy atom. The van der Waals surface area contributed by atoms with Crippen LogP contribution in [0.3, 0.4) is 0 Å². The zero-order valence-electron chi connectivity index (χ0n) is 9.28. The molecule has 1 rings (SSSR count). The maximum absolute atomic E-state index is 13.0. The third kappa shape index (κ3) is 1.66.